The van der Waals surface area contributed by atoms with Crippen LogP contribution in [0.25, 0.3) is 0 Å². The lowest BCUT2D eigenvalue weighted by molar-refractivity contribution is 0.431. The average Bonchev–Trinajstić information content (AvgIpc) is 3.04. The van der Waals surface area contributed by atoms with Gasteiger partial charge in [0.2, 0.25) is 10.0 Å². The Morgan fingerprint density at radius 1 is 1.00 bits per heavy atom. The van der Waals surface area contributed by atoms with Crippen molar-refractivity contribution in [2.24, 2.45) is 0 Å². The fourth-order valence-electron chi connectivity index (χ4n) is 3.61. The summed E-state index contributed by atoms with van der Waals surface area (Å²) in [5, 5.41) is 0. The Morgan fingerprint density at radius 3 is 2.28 bits per heavy atom. The Kier molecular flexibility index (Phi) is 5.03. The Hall–Kier alpha value is -1.65. The number of unbranched alkanes of at least 4 members (excludes halogenated alkanes) is 1. The third-order valence-electron chi connectivity index (χ3n) is 5.29. The number of aryl methyl sites for hydroxylation is 3. The van der Waals surface area contributed by atoms with E-state index in [1.165, 1.54) is 40.7 Å². The molecule has 0 atom stereocenters. The quantitative estimate of drug-likeness (QED) is 0.780. The van der Waals surface area contributed by atoms with Gasteiger partial charge in [-0.25, -0.2) is 8.42 Å². The Bertz CT molecular complexity index is 883. The van der Waals surface area contributed by atoms with E-state index in [1.54, 1.807) is 16.4 Å². The molecule has 0 spiro atoms. The number of hydrogen-bond acceptors (Lipinski definition) is 2. The first-order chi connectivity index (χ1) is 11.8. The molecule has 0 bridgehead atoms. The molecule has 0 aliphatic carbocycles. The summed E-state index contributed by atoms with van der Waals surface area (Å²) in [6.45, 7) is 9.38. The summed E-state index contributed by atoms with van der Waals surface area (Å²) in [5.41, 5.74) is 7.32. The van der Waals surface area contributed by atoms with Crippen LogP contribution in [0.5, 0.6) is 0 Å². The van der Waals surface area contributed by atoms with Crippen molar-refractivity contribution in [3.8, 4) is 0 Å². The predicted octanol–water partition coefficient (Wildman–Crippen LogP) is 4.66. The number of rotatable bonds is 5. The van der Waals surface area contributed by atoms with Gasteiger partial charge >= 0.3 is 0 Å². The first-order valence-corrected chi connectivity index (χ1v) is 10.5. The zero-order valence-corrected chi connectivity index (χ0v) is 16.4. The minimum absolute atomic E-state index is 0.382. The van der Waals surface area contributed by atoms with Crippen LogP contribution in [-0.2, 0) is 29.5 Å². The largest absolute Gasteiger partial charge is 0.243 e. The standard InChI is InChI=1S/C21H27NO2S/c1-5-6-7-18-12-16(3)20-13-22(14-21(20)17(18)4)25(23,24)19-10-8-15(2)9-11-19/h8-12H,5-7,13-14H2,1-4H3. The van der Waals surface area contributed by atoms with Crippen molar-refractivity contribution in [2.45, 2.75) is 64.9 Å². The molecular weight excluding hydrogens is 330 g/mol. The highest BCUT2D eigenvalue weighted by atomic mass is 32.2. The van der Waals surface area contributed by atoms with Crippen molar-refractivity contribution in [1.82, 2.24) is 4.31 Å². The summed E-state index contributed by atoms with van der Waals surface area (Å²) < 4.78 is 27.7. The van der Waals surface area contributed by atoms with Crippen molar-refractivity contribution in [3.05, 3.63) is 63.7 Å². The molecule has 0 saturated heterocycles. The molecule has 3 rings (SSSR count). The molecule has 0 amide bonds. The molecule has 3 nitrogen and oxygen atoms in total. The second-order valence-electron chi connectivity index (χ2n) is 7.12. The van der Waals surface area contributed by atoms with Gasteiger partial charge in [0, 0.05) is 13.1 Å². The van der Waals surface area contributed by atoms with Gasteiger partial charge in [0.15, 0.2) is 0 Å². The van der Waals surface area contributed by atoms with E-state index in [2.05, 4.69) is 26.8 Å². The fraction of sp³-hybridized carbons (Fsp3) is 0.429. The molecule has 1 aliphatic heterocycles. The lowest BCUT2D eigenvalue weighted by Crippen LogP contribution is -2.25. The fourth-order valence-corrected chi connectivity index (χ4v) is 4.99. The molecule has 2 aromatic carbocycles. The van der Waals surface area contributed by atoms with Crippen molar-refractivity contribution >= 4 is 10.0 Å². The maximum Gasteiger partial charge on any atom is 0.243 e. The van der Waals surface area contributed by atoms with Gasteiger partial charge in [-0.2, -0.15) is 4.31 Å². The van der Waals surface area contributed by atoms with Crippen molar-refractivity contribution in [3.63, 3.8) is 0 Å². The minimum atomic E-state index is -3.45. The average molecular weight is 358 g/mol. The van der Waals surface area contributed by atoms with Gasteiger partial charge in [-0.15, -0.1) is 0 Å². The highest BCUT2D eigenvalue weighted by Crippen LogP contribution is 2.34. The second kappa shape index (κ2) is 6.93. The predicted molar refractivity (Wildman–Crippen MR) is 102 cm³/mol. The number of nitrogens with zero attached hydrogens (tertiary/aromatic N) is 1. The lowest BCUT2D eigenvalue weighted by atomic mass is 9.92. The van der Waals surface area contributed by atoms with E-state index in [1.807, 2.05) is 19.1 Å². The minimum Gasteiger partial charge on any atom is -0.207 e. The third kappa shape index (κ3) is 3.38. The summed E-state index contributed by atoms with van der Waals surface area (Å²) in [4.78, 5) is 0.382. The summed E-state index contributed by atoms with van der Waals surface area (Å²) in [7, 11) is -3.45. The Morgan fingerprint density at radius 2 is 1.64 bits per heavy atom. The van der Waals surface area contributed by atoms with Gasteiger partial charge in [-0.1, -0.05) is 37.1 Å². The van der Waals surface area contributed by atoms with Gasteiger partial charge in [-0.3, -0.25) is 0 Å². The molecule has 134 valence electrons. The number of hydrogen-bond donors (Lipinski definition) is 0. The number of fused-ring (bicyclic) bond motifs is 1. The van der Waals surface area contributed by atoms with Crippen LogP contribution in [0.3, 0.4) is 0 Å². The SMILES string of the molecule is CCCCc1cc(C)c2c(c1C)CN(S(=O)(=O)c1ccc(C)cc1)C2. The molecule has 0 saturated carbocycles. The summed E-state index contributed by atoms with van der Waals surface area (Å²) in [6, 6.07) is 9.39. The van der Waals surface area contributed by atoms with Gasteiger partial charge in [0.25, 0.3) is 0 Å². The maximum absolute atomic E-state index is 13.0. The van der Waals surface area contributed by atoms with Crippen molar-refractivity contribution in [2.75, 3.05) is 0 Å². The Balaban J connectivity index is 1.94. The zero-order chi connectivity index (χ0) is 18.2. The number of benzene rings is 2. The molecule has 0 fully saturated rings. The van der Waals surface area contributed by atoms with Gasteiger partial charge < -0.3 is 0 Å². The van der Waals surface area contributed by atoms with Crippen LogP contribution >= 0.6 is 0 Å². The van der Waals surface area contributed by atoms with Crippen LogP contribution in [0.2, 0.25) is 0 Å². The number of sulfonamides is 1. The van der Waals surface area contributed by atoms with E-state index in [9.17, 15) is 8.42 Å². The van der Waals surface area contributed by atoms with E-state index in [0.717, 1.165) is 12.0 Å². The van der Waals surface area contributed by atoms with Gasteiger partial charge in [-0.05, 0) is 73.6 Å². The molecule has 4 heteroatoms. The van der Waals surface area contributed by atoms with Crippen LogP contribution in [0.1, 0.15) is 53.1 Å². The van der Waals surface area contributed by atoms with Crippen LogP contribution in [-0.4, -0.2) is 12.7 Å². The summed E-state index contributed by atoms with van der Waals surface area (Å²) in [6.07, 6.45) is 3.41. The molecule has 0 N–H and O–H groups in total. The first kappa shape index (κ1) is 18.2. The molecular formula is C21H27NO2S. The van der Waals surface area contributed by atoms with Crippen molar-refractivity contribution < 1.29 is 8.42 Å². The molecule has 1 heterocycles. The van der Waals surface area contributed by atoms with E-state index in [4.69, 9.17) is 0 Å². The first-order valence-electron chi connectivity index (χ1n) is 9.02. The normalized spacial score (nSPS) is 14.7. The van der Waals surface area contributed by atoms with Gasteiger partial charge in [0.05, 0.1) is 4.90 Å². The van der Waals surface area contributed by atoms with Crippen LogP contribution in [0.4, 0.5) is 0 Å². The van der Waals surface area contributed by atoms with E-state index >= 15 is 0 Å². The van der Waals surface area contributed by atoms with Crippen LogP contribution < -0.4 is 0 Å². The zero-order valence-electron chi connectivity index (χ0n) is 15.6. The van der Waals surface area contributed by atoms with E-state index < -0.39 is 10.0 Å². The maximum atomic E-state index is 13.0. The highest BCUT2D eigenvalue weighted by molar-refractivity contribution is 7.89. The smallest absolute Gasteiger partial charge is 0.207 e. The van der Waals surface area contributed by atoms with Gasteiger partial charge in [0.1, 0.15) is 0 Å². The van der Waals surface area contributed by atoms with E-state index in [-0.39, 0.29) is 0 Å². The molecule has 0 aromatic heterocycles. The summed E-state index contributed by atoms with van der Waals surface area (Å²) in [5.74, 6) is 0. The van der Waals surface area contributed by atoms with Crippen LogP contribution in [0, 0.1) is 20.8 Å². The van der Waals surface area contributed by atoms with Crippen molar-refractivity contribution in [1.29, 1.82) is 0 Å². The molecule has 0 unspecified atom stereocenters. The second-order valence-corrected chi connectivity index (χ2v) is 9.06. The van der Waals surface area contributed by atoms with E-state index in [0.29, 0.717) is 18.0 Å². The highest BCUT2D eigenvalue weighted by Gasteiger charge is 2.32. The molecule has 2 aromatic rings. The topological polar surface area (TPSA) is 37.4 Å². The molecule has 0 radical (unpaired) electrons. The molecule has 25 heavy (non-hydrogen) atoms. The summed E-state index contributed by atoms with van der Waals surface area (Å²) >= 11 is 0. The monoisotopic (exact) mass is 357 g/mol. The third-order valence-corrected chi connectivity index (χ3v) is 7.10. The molecule has 1 aliphatic rings. The Labute approximate surface area is 151 Å². The lowest BCUT2D eigenvalue weighted by Gasteiger charge is -2.16. The van der Waals surface area contributed by atoms with Crippen LogP contribution in [0.15, 0.2) is 35.2 Å².